The third-order valence-electron chi connectivity index (χ3n) is 2.86. The van der Waals surface area contributed by atoms with Gasteiger partial charge in [0.15, 0.2) is 5.82 Å². The summed E-state index contributed by atoms with van der Waals surface area (Å²) in [6.45, 7) is 4.03. The van der Waals surface area contributed by atoms with Gasteiger partial charge in [-0.05, 0) is 40.0 Å². The van der Waals surface area contributed by atoms with Gasteiger partial charge in [-0.3, -0.25) is 0 Å². The molecule has 0 fully saturated rings. The number of methoxy groups -OCH3 is 1. The summed E-state index contributed by atoms with van der Waals surface area (Å²) in [5, 5.41) is 3.94. The van der Waals surface area contributed by atoms with Crippen molar-refractivity contribution < 1.29 is 9.26 Å². The highest BCUT2D eigenvalue weighted by Gasteiger charge is 2.19. The molecule has 19 heavy (non-hydrogen) atoms. The summed E-state index contributed by atoms with van der Waals surface area (Å²) < 4.78 is 11.3. The van der Waals surface area contributed by atoms with Crippen molar-refractivity contribution in [3.8, 4) is 17.2 Å². The quantitative estimate of drug-likeness (QED) is 0.934. The first kappa shape index (κ1) is 14.0. The zero-order valence-corrected chi connectivity index (χ0v) is 12.6. The maximum Gasteiger partial charge on any atom is 0.259 e. The van der Waals surface area contributed by atoms with Crippen LogP contribution in [0.5, 0.6) is 5.75 Å². The molecule has 0 aliphatic carbocycles. The Morgan fingerprint density at radius 2 is 2.11 bits per heavy atom. The minimum Gasteiger partial charge on any atom is -0.497 e. The van der Waals surface area contributed by atoms with E-state index >= 15 is 0 Å². The van der Waals surface area contributed by atoms with E-state index in [0.717, 1.165) is 15.8 Å². The normalized spacial score (nSPS) is 12.7. The summed E-state index contributed by atoms with van der Waals surface area (Å²) >= 11 is 3.46. The van der Waals surface area contributed by atoms with E-state index in [1.807, 2.05) is 32.0 Å². The van der Waals surface area contributed by atoms with E-state index in [9.17, 15) is 0 Å². The molecule has 0 radical (unpaired) electrons. The van der Waals surface area contributed by atoms with E-state index in [0.29, 0.717) is 11.7 Å². The molecule has 0 saturated carbocycles. The van der Waals surface area contributed by atoms with Crippen LogP contribution >= 0.6 is 15.9 Å². The third kappa shape index (κ3) is 2.96. The van der Waals surface area contributed by atoms with Crippen molar-refractivity contribution in [1.82, 2.24) is 10.1 Å². The highest BCUT2D eigenvalue weighted by molar-refractivity contribution is 9.10. The van der Waals surface area contributed by atoms with Crippen molar-refractivity contribution in [2.75, 3.05) is 7.11 Å². The van der Waals surface area contributed by atoms with E-state index < -0.39 is 0 Å². The van der Waals surface area contributed by atoms with Crippen molar-refractivity contribution in [1.29, 1.82) is 0 Å². The Kier molecular flexibility index (Phi) is 4.21. The summed E-state index contributed by atoms with van der Waals surface area (Å²) in [5.41, 5.74) is 6.79. The Hall–Kier alpha value is -1.40. The molecule has 2 aromatic rings. The van der Waals surface area contributed by atoms with Crippen molar-refractivity contribution in [2.45, 2.75) is 19.9 Å². The molecule has 0 saturated heterocycles. The molecule has 0 spiro atoms. The molecule has 0 aliphatic heterocycles. The zero-order valence-electron chi connectivity index (χ0n) is 11.1. The van der Waals surface area contributed by atoms with E-state index in [1.54, 1.807) is 7.11 Å². The molecule has 102 valence electrons. The molecule has 1 aromatic heterocycles. The SMILES string of the molecule is COc1ccc(Br)c(-c2nc(C(N)C(C)C)no2)c1. The van der Waals surface area contributed by atoms with Gasteiger partial charge in [0.05, 0.1) is 18.7 Å². The minimum atomic E-state index is -0.234. The lowest BCUT2D eigenvalue weighted by atomic mass is 10.1. The summed E-state index contributed by atoms with van der Waals surface area (Å²) in [6, 6.07) is 5.33. The Morgan fingerprint density at radius 3 is 2.74 bits per heavy atom. The predicted molar refractivity (Wildman–Crippen MR) is 75.8 cm³/mol. The number of halogens is 1. The fourth-order valence-corrected chi connectivity index (χ4v) is 1.99. The van der Waals surface area contributed by atoms with Crippen LogP contribution in [0.4, 0.5) is 0 Å². The van der Waals surface area contributed by atoms with Gasteiger partial charge in [0, 0.05) is 4.47 Å². The van der Waals surface area contributed by atoms with Crippen LogP contribution in [0.25, 0.3) is 11.5 Å². The van der Waals surface area contributed by atoms with Gasteiger partial charge < -0.3 is 15.0 Å². The Labute approximate surface area is 120 Å². The number of hydrogen-bond acceptors (Lipinski definition) is 5. The number of hydrogen-bond donors (Lipinski definition) is 1. The van der Waals surface area contributed by atoms with Gasteiger partial charge in [-0.15, -0.1) is 0 Å². The number of rotatable bonds is 4. The van der Waals surface area contributed by atoms with Crippen LogP contribution in [0.15, 0.2) is 27.2 Å². The molecule has 0 amide bonds. The number of benzene rings is 1. The van der Waals surface area contributed by atoms with Crippen LogP contribution in [-0.2, 0) is 0 Å². The largest absolute Gasteiger partial charge is 0.497 e. The van der Waals surface area contributed by atoms with Gasteiger partial charge in [-0.25, -0.2) is 0 Å². The fourth-order valence-electron chi connectivity index (χ4n) is 1.57. The van der Waals surface area contributed by atoms with Gasteiger partial charge >= 0.3 is 0 Å². The van der Waals surface area contributed by atoms with E-state index in [-0.39, 0.29) is 12.0 Å². The van der Waals surface area contributed by atoms with Crippen molar-refractivity contribution in [2.24, 2.45) is 11.7 Å². The molecule has 5 nitrogen and oxygen atoms in total. The van der Waals surface area contributed by atoms with Crippen LogP contribution < -0.4 is 10.5 Å². The number of ether oxygens (including phenoxy) is 1. The molecule has 2 rings (SSSR count). The molecular formula is C13H16BrN3O2. The average Bonchev–Trinajstić information content (AvgIpc) is 2.87. The maximum absolute atomic E-state index is 6.00. The number of nitrogens with two attached hydrogens (primary N) is 1. The molecule has 1 unspecified atom stereocenters. The van der Waals surface area contributed by atoms with Gasteiger partial charge in [0.25, 0.3) is 5.89 Å². The monoisotopic (exact) mass is 325 g/mol. The first-order chi connectivity index (χ1) is 9.02. The second-order valence-electron chi connectivity index (χ2n) is 4.57. The van der Waals surface area contributed by atoms with Crippen LogP contribution in [0.1, 0.15) is 25.7 Å². The molecule has 1 aromatic carbocycles. The molecular weight excluding hydrogens is 310 g/mol. The molecule has 0 aliphatic rings. The maximum atomic E-state index is 6.00. The molecule has 0 bridgehead atoms. The first-order valence-electron chi connectivity index (χ1n) is 5.96. The topological polar surface area (TPSA) is 74.2 Å². The molecule has 1 atom stereocenters. The Bertz CT molecular complexity index is 569. The van der Waals surface area contributed by atoms with E-state index in [1.165, 1.54) is 0 Å². The number of nitrogens with zero attached hydrogens (tertiary/aromatic N) is 2. The lowest BCUT2D eigenvalue weighted by Gasteiger charge is -2.09. The highest BCUT2D eigenvalue weighted by atomic mass is 79.9. The lowest BCUT2D eigenvalue weighted by molar-refractivity contribution is 0.398. The molecule has 2 N–H and O–H groups in total. The lowest BCUT2D eigenvalue weighted by Crippen LogP contribution is -2.18. The molecule has 1 heterocycles. The van der Waals surface area contributed by atoms with Gasteiger partial charge in [-0.2, -0.15) is 4.98 Å². The standard InChI is InChI=1S/C13H16BrN3O2/c1-7(2)11(15)12-16-13(19-17-12)9-6-8(18-3)4-5-10(9)14/h4-7,11H,15H2,1-3H3. The summed E-state index contributed by atoms with van der Waals surface area (Å²) in [6.07, 6.45) is 0. The molecule has 6 heteroatoms. The Balaban J connectivity index is 2.37. The average molecular weight is 326 g/mol. The van der Waals surface area contributed by atoms with Crippen LogP contribution in [-0.4, -0.2) is 17.3 Å². The zero-order chi connectivity index (χ0) is 14.0. The summed E-state index contributed by atoms with van der Waals surface area (Å²) in [7, 11) is 1.61. The van der Waals surface area contributed by atoms with Gasteiger partial charge in [0.1, 0.15) is 5.75 Å². The van der Waals surface area contributed by atoms with Crippen LogP contribution in [0, 0.1) is 5.92 Å². The van der Waals surface area contributed by atoms with E-state index in [4.69, 9.17) is 15.0 Å². The number of aromatic nitrogens is 2. The minimum absolute atomic E-state index is 0.234. The second kappa shape index (κ2) is 5.71. The third-order valence-corrected chi connectivity index (χ3v) is 3.55. The second-order valence-corrected chi connectivity index (χ2v) is 5.43. The van der Waals surface area contributed by atoms with Crippen molar-refractivity contribution in [3.05, 3.63) is 28.5 Å². The fraction of sp³-hybridized carbons (Fsp3) is 0.385. The van der Waals surface area contributed by atoms with Gasteiger partial charge in [-0.1, -0.05) is 19.0 Å². The van der Waals surface area contributed by atoms with E-state index in [2.05, 4.69) is 26.1 Å². The summed E-state index contributed by atoms with van der Waals surface area (Å²) in [5.74, 6) is 1.92. The smallest absolute Gasteiger partial charge is 0.259 e. The summed E-state index contributed by atoms with van der Waals surface area (Å²) in [4.78, 5) is 4.35. The Morgan fingerprint density at radius 1 is 1.37 bits per heavy atom. The van der Waals surface area contributed by atoms with Crippen molar-refractivity contribution in [3.63, 3.8) is 0 Å². The van der Waals surface area contributed by atoms with Crippen LogP contribution in [0.2, 0.25) is 0 Å². The first-order valence-corrected chi connectivity index (χ1v) is 6.75. The van der Waals surface area contributed by atoms with Gasteiger partial charge in [0.2, 0.25) is 0 Å². The van der Waals surface area contributed by atoms with Crippen molar-refractivity contribution >= 4 is 15.9 Å². The highest BCUT2D eigenvalue weighted by Crippen LogP contribution is 2.31. The van der Waals surface area contributed by atoms with Crippen LogP contribution in [0.3, 0.4) is 0 Å². The predicted octanol–water partition coefficient (Wildman–Crippen LogP) is 3.16.